The highest BCUT2D eigenvalue weighted by atomic mass is 19.3. The number of hydrogen-bond donors (Lipinski definition) is 3. The molecule has 37 heavy (non-hydrogen) atoms. The summed E-state index contributed by atoms with van der Waals surface area (Å²) in [7, 11) is 3.53. The monoisotopic (exact) mass is 523 g/mol. The summed E-state index contributed by atoms with van der Waals surface area (Å²) in [6.07, 6.45) is 3.89. The number of hydrazine groups is 1. The molecular formula is C25H39F2N7O3. The number of aryl methyl sites for hydroxylation is 1. The van der Waals surface area contributed by atoms with Gasteiger partial charge in [0.25, 0.3) is 11.9 Å². The van der Waals surface area contributed by atoms with Crippen LogP contribution in [0.3, 0.4) is 0 Å². The molecule has 0 radical (unpaired) electrons. The van der Waals surface area contributed by atoms with E-state index >= 15 is 0 Å². The van der Waals surface area contributed by atoms with E-state index in [9.17, 15) is 13.6 Å². The molecule has 0 aromatic carbocycles. The molecule has 2 aliphatic heterocycles. The van der Waals surface area contributed by atoms with Crippen LogP contribution in [-0.4, -0.2) is 89.1 Å². The lowest BCUT2D eigenvalue weighted by atomic mass is 10.1. The summed E-state index contributed by atoms with van der Waals surface area (Å²) in [5, 5.41) is 8.84. The average molecular weight is 524 g/mol. The molecule has 1 saturated carbocycles. The number of halogens is 2. The minimum Gasteiger partial charge on any atom is -0.481 e. The van der Waals surface area contributed by atoms with Crippen molar-refractivity contribution in [3.05, 3.63) is 29.2 Å². The molecule has 2 saturated heterocycles. The number of aliphatic carboxylic acids is 1. The van der Waals surface area contributed by atoms with Gasteiger partial charge in [-0.15, -0.1) is 0 Å². The number of likely N-dealkylation sites (N-methyl/N-ethyl adjacent to an activating group) is 2. The summed E-state index contributed by atoms with van der Waals surface area (Å²) in [6, 6.07) is 3.71. The maximum absolute atomic E-state index is 13.9. The van der Waals surface area contributed by atoms with Crippen LogP contribution < -0.4 is 16.5 Å². The van der Waals surface area contributed by atoms with E-state index in [1.165, 1.54) is 17.9 Å². The first-order valence-corrected chi connectivity index (χ1v) is 12.6. The van der Waals surface area contributed by atoms with Crippen molar-refractivity contribution >= 4 is 23.4 Å². The lowest BCUT2D eigenvalue weighted by molar-refractivity contribution is -0.134. The number of carboxylic acid groups (broad SMARTS) is 1. The molecule has 12 heteroatoms. The number of amides is 2. The van der Waals surface area contributed by atoms with Gasteiger partial charge in [0, 0.05) is 40.5 Å². The number of alkyl halides is 2. The summed E-state index contributed by atoms with van der Waals surface area (Å²) in [4.78, 5) is 31.7. The summed E-state index contributed by atoms with van der Waals surface area (Å²) >= 11 is 0. The smallest absolute Gasteiger partial charge is 0.320 e. The number of piperidine rings is 1. The third kappa shape index (κ3) is 7.43. The van der Waals surface area contributed by atoms with Crippen molar-refractivity contribution in [1.29, 1.82) is 0 Å². The largest absolute Gasteiger partial charge is 0.481 e. The molecule has 3 aliphatic rings. The minimum atomic E-state index is -2.69. The summed E-state index contributed by atoms with van der Waals surface area (Å²) in [6.45, 7) is 4.08. The van der Waals surface area contributed by atoms with Crippen molar-refractivity contribution in [1.82, 2.24) is 19.8 Å². The van der Waals surface area contributed by atoms with Gasteiger partial charge in [-0.2, -0.15) is 0 Å². The first kappa shape index (κ1) is 28.4. The Bertz CT molecular complexity index is 1030. The Kier molecular flexibility index (Phi) is 8.83. The molecule has 1 atom stereocenters. The molecule has 3 fully saturated rings. The molecule has 0 spiro atoms. The van der Waals surface area contributed by atoms with E-state index in [4.69, 9.17) is 21.5 Å². The van der Waals surface area contributed by atoms with E-state index < -0.39 is 11.9 Å². The predicted molar refractivity (Wildman–Crippen MR) is 138 cm³/mol. The average Bonchev–Trinajstić information content (AvgIpc) is 3.58. The van der Waals surface area contributed by atoms with Gasteiger partial charge >= 0.3 is 6.03 Å². The van der Waals surface area contributed by atoms with Crippen LogP contribution in [0.15, 0.2) is 17.8 Å². The van der Waals surface area contributed by atoms with E-state index in [-0.39, 0.29) is 31.6 Å². The quantitative estimate of drug-likeness (QED) is 0.367. The Balaban J connectivity index is 0.000000886. The van der Waals surface area contributed by atoms with E-state index in [0.717, 1.165) is 19.3 Å². The van der Waals surface area contributed by atoms with Crippen molar-refractivity contribution in [2.45, 2.75) is 57.9 Å². The maximum Gasteiger partial charge on any atom is 0.320 e. The van der Waals surface area contributed by atoms with Crippen molar-refractivity contribution in [3.63, 3.8) is 0 Å². The molecule has 206 valence electrons. The molecule has 0 bridgehead atoms. The third-order valence-electron chi connectivity index (χ3n) is 7.00. The lowest BCUT2D eigenvalue weighted by Gasteiger charge is -2.34. The van der Waals surface area contributed by atoms with Crippen LogP contribution >= 0.6 is 0 Å². The number of nitrogens with zero attached hydrogens (tertiary/aromatic N) is 5. The second-order valence-electron chi connectivity index (χ2n) is 10.3. The number of pyridine rings is 1. The van der Waals surface area contributed by atoms with Gasteiger partial charge in [-0.3, -0.25) is 4.79 Å². The molecule has 5 N–H and O–H groups in total. The van der Waals surface area contributed by atoms with Crippen LogP contribution in [0.5, 0.6) is 0 Å². The number of carbonyl (C=O) groups is 2. The van der Waals surface area contributed by atoms with Crippen molar-refractivity contribution in [2.75, 3.05) is 45.2 Å². The van der Waals surface area contributed by atoms with E-state index in [1.807, 2.05) is 11.9 Å². The summed E-state index contributed by atoms with van der Waals surface area (Å²) < 4.78 is 27.8. The molecule has 1 aromatic heterocycles. The first-order chi connectivity index (χ1) is 17.3. The van der Waals surface area contributed by atoms with Gasteiger partial charge < -0.3 is 30.5 Å². The van der Waals surface area contributed by atoms with E-state index in [0.29, 0.717) is 48.0 Å². The fourth-order valence-electron chi connectivity index (χ4n) is 4.86. The topological polar surface area (TPSA) is 132 Å². The number of carbonyl (C=O) groups excluding carboxylic acids is 1. The van der Waals surface area contributed by atoms with Gasteiger partial charge in [0.1, 0.15) is 0 Å². The highest BCUT2D eigenvalue weighted by molar-refractivity contribution is 5.78. The maximum atomic E-state index is 13.9. The van der Waals surface area contributed by atoms with Gasteiger partial charge in [0.05, 0.1) is 47.6 Å². The zero-order valence-corrected chi connectivity index (χ0v) is 22.1. The molecule has 1 unspecified atom stereocenters. The van der Waals surface area contributed by atoms with Gasteiger partial charge in [-0.05, 0) is 37.8 Å². The fraction of sp³-hybridized carbons (Fsp3) is 0.640. The van der Waals surface area contributed by atoms with Crippen LogP contribution in [0.2, 0.25) is 0 Å². The lowest BCUT2D eigenvalue weighted by Crippen LogP contribution is -2.43. The van der Waals surface area contributed by atoms with Gasteiger partial charge in [0.15, 0.2) is 0 Å². The predicted octanol–water partition coefficient (Wildman–Crippen LogP) is 2.69. The second-order valence-corrected chi connectivity index (χ2v) is 10.3. The highest BCUT2D eigenvalue weighted by Crippen LogP contribution is 2.36. The first-order valence-electron chi connectivity index (χ1n) is 12.6. The Morgan fingerprint density at radius 3 is 2.51 bits per heavy atom. The Hall–Kier alpha value is -3.15. The number of anilines is 1. The SMILES string of the molecule is CC(=O)O.Cc1nc(/C(N)=C(\CN2CC(CC3CC3)N(C)C2=O)N(C)N)ccc1N1CCCC(F)(F)C1. The number of rotatable bonds is 7. The molecule has 3 heterocycles. The second kappa shape index (κ2) is 11.5. The van der Waals surface area contributed by atoms with E-state index in [2.05, 4.69) is 4.98 Å². The number of carboxylic acids is 1. The van der Waals surface area contributed by atoms with Crippen LogP contribution in [0.1, 0.15) is 50.4 Å². The molecule has 10 nitrogen and oxygen atoms in total. The normalized spacial score (nSPS) is 21.9. The molecular weight excluding hydrogens is 484 g/mol. The van der Waals surface area contributed by atoms with Crippen molar-refractivity contribution in [3.8, 4) is 0 Å². The Labute approximate surface area is 216 Å². The zero-order valence-electron chi connectivity index (χ0n) is 22.1. The van der Waals surface area contributed by atoms with Gasteiger partial charge in [0.2, 0.25) is 0 Å². The minimum absolute atomic E-state index is 0.0293. The molecule has 2 amide bonds. The Morgan fingerprint density at radius 1 is 1.32 bits per heavy atom. The zero-order chi connectivity index (χ0) is 27.5. The van der Waals surface area contributed by atoms with Crippen molar-refractivity contribution in [2.24, 2.45) is 17.5 Å². The van der Waals surface area contributed by atoms with Gasteiger partial charge in [-0.1, -0.05) is 12.8 Å². The van der Waals surface area contributed by atoms with Crippen LogP contribution in [0, 0.1) is 12.8 Å². The standard InChI is InChI=1S/C23H35F2N7O.C2H4O2/c1-15-19(31-10-4-9-23(24,25)14-31)8-7-18(28-15)21(26)20(30(3)27)13-32-12-17(11-16-5-6-16)29(2)22(32)33;1-2(3)4/h7-8,16-17H,4-6,9-14,26-27H2,1-3H3;1H3,(H,3,4)/b21-20-;. The van der Waals surface area contributed by atoms with Crippen LogP contribution in [-0.2, 0) is 4.79 Å². The summed E-state index contributed by atoms with van der Waals surface area (Å²) in [5.74, 6) is 3.30. The number of urea groups is 1. The third-order valence-corrected chi connectivity index (χ3v) is 7.00. The number of nitrogens with two attached hydrogens (primary N) is 2. The number of aromatic nitrogens is 1. The van der Waals surface area contributed by atoms with E-state index in [1.54, 1.807) is 35.9 Å². The molecule has 1 aliphatic carbocycles. The molecule has 4 rings (SSSR count). The highest BCUT2D eigenvalue weighted by Gasteiger charge is 2.39. The Morgan fingerprint density at radius 2 is 1.97 bits per heavy atom. The summed E-state index contributed by atoms with van der Waals surface area (Å²) in [5.41, 5.74) is 9.28. The van der Waals surface area contributed by atoms with Crippen LogP contribution in [0.25, 0.3) is 5.70 Å². The molecule has 1 aromatic rings. The number of hydrogen-bond acceptors (Lipinski definition) is 7. The fourth-order valence-corrected chi connectivity index (χ4v) is 4.86. The van der Waals surface area contributed by atoms with Gasteiger partial charge in [-0.25, -0.2) is 24.4 Å². The van der Waals surface area contributed by atoms with Crippen molar-refractivity contribution < 1.29 is 23.5 Å². The van der Waals surface area contributed by atoms with Crippen LogP contribution in [0.4, 0.5) is 19.3 Å².